The lowest BCUT2D eigenvalue weighted by molar-refractivity contribution is -0.388. The van der Waals surface area contributed by atoms with Crippen molar-refractivity contribution in [1.29, 1.82) is 0 Å². The number of rotatable bonds is 4. The molecule has 1 aliphatic rings. The minimum atomic E-state index is -4.90. The Labute approximate surface area is 161 Å². The Bertz CT molecular complexity index is 1000. The number of halogens is 3. The molecule has 0 aromatic heterocycles. The Morgan fingerprint density at radius 1 is 1.07 bits per heavy atom. The Morgan fingerprint density at radius 3 is 2.25 bits per heavy atom. The summed E-state index contributed by atoms with van der Waals surface area (Å²) < 4.78 is 44.4. The van der Waals surface area contributed by atoms with Gasteiger partial charge in [0, 0.05) is 6.07 Å². The van der Waals surface area contributed by atoms with Crippen LogP contribution < -0.4 is 15.4 Å². The minimum Gasteiger partial charge on any atom is -0.457 e. The van der Waals surface area contributed by atoms with Crippen molar-refractivity contribution in [2.24, 2.45) is 0 Å². The third kappa shape index (κ3) is 4.26. The Morgan fingerprint density at radius 2 is 1.71 bits per heavy atom. The van der Waals surface area contributed by atoms with E-state index in [0.29, 0.717) is 11.6 Å². The summed E-state index contributed by atoms with van der Waals surface area (Å²) in [5, 5.41) is 16.1. The molecule has 1 amide bonds. The molecule has 2 aromatic rings. The summed E-state index contributed by atoms with van der Waals surface area (Å²) in [6.45, 7) is 0. The van der Waals surface area contributed by atoms with Crippen LogP contribution in [0.15, 0.2) is 48.2 Å². The van der Waals surface area contributed by atoms with Crippen LogP contribution in [-0.2, 0) is 11.0 Å². The van der Waals surface area contributed by atoms with E-state index in [0.717, 1.165) is 12.1 Å². The first kappa shape index (κ1) is 19.3. The number of nitro benzene ring substituents is 1. The molecule has 2 aromatic carbocycles. The molecule has 0 radical (unpaired) electrons. The molecule has 2 N–H and O–H groups in total. The first-order chi connectivity index (χ1) is 13.1. The summed E-state index contributed by atoms with van der Waals surface area (Å²) in [5.74, 6) is -0.370. The maximum absolute atomic E-state index is 13.0. The van der Waals surface area contributed by atoms with Crippen molar-refractivity contribution in [2.75, 3.05) is 0 Å². The average molecular weight is 409 g/mol. The van der Waals surface area contributed by atoms with Crippen LogP contribution in [0.3, 0.4) is 0 Å². The van der Waals surface area contributed by atoms with Gasteiger partial charge in [-0.1, -0.05) is 12.1 Å². The number of nitrogens with one attached hydrogen (secondary N) is 2. The standard InChI is InChI=1S/C17H10F3N3O4S/c18-17(19,20)12-8-11(5-6-14(12)23(25)26)27-10-3-1-9(2-4-10)7-13-15(24)22-16(28)21-13/h1-8H,(H2,21,22,24,28)/b13-7+. The predicted molar refractivity (Wildman–Crippen MR) is 96.5 cm³/mol. The molecule has 0 spiro atoms. The van der Waals surface area contributed by atoms with Gasteiger partial charge in [0.2, 0.25) is 0 Å². The zero-order valence-electron chi connectivity index (χ0n) is 13.7. The number of amides is 1. The van der Waals surface area contributed by atoms with Crippen LogP contribution in [0.25, 0.3) is 6.08 Å². The van der Waals surface area contributed by atoms with Crippen LogP contribution in [0.2, 0.25) is 0 Å². The highest BCUT2D eigenvalue weighted by atomic mass is 32.1. The third-order valence-electron chi connectivity index (χ3n) is 3.62. The quantitative estimate of drug-likeness (QED) is 0.346. The molecule has 1 heterocycles. The second kappa shape index (κ2) is 7.27. The molecule has 3 rings (SSSR count). The lowest BCUT2D eigenvalue weighted by Crippen LogP contribution is -2.21. The van der Waals surface area contributed by atoms with Gasteiger partial charge in [0.25, 0.3) is 11.6 Å². The van der Waals surface area contributed by atoms with Crippen molar-refractivity contribution in [1.82, 2.24) is 10.6 Å². The van der Waals surface area contributed by atoms with Crippen molar-refractivity contribution in [2.45, 2.75) is 6.18 Å². The highest BCUT2D eigenvalue weighted by Crippen LogP contribution is 2.39. The minimum absolute atomic E-state index is 0.190. The second-order valence-electron chi connectivity index (χ2n) is 5.57. The van der Waals surface area contributed by atoms with Gasteiger partial charge in [0.1, 0.15) is 22.8 Å². The molecule has 28 heavy (non-hydrogen) atoms. The molecular weight excluding hydrogens is 399 g/mol. The molecule has 144 valence electrons. The third-order valence-corrected chi connectivity index (χ3v) is 3.82. The van der Waals surface area contributed by atoms with Crippen LogP contribution in [0.4, 0.5) is 18.9 Å². The highest BCUT2D eigenvalue weighted by molar-refractivity contribution is 7.80. The number of carbonyl (C=O) groups excluding carboxylic acids is 1. The fourth-order valence-electron chi connectivity index (χ4n) is 2.38. The summed E-state index contributed by atoms with van der Waals surface area (Å²) >= 11 is 4.82. The van der Waals surface area contributed by atoms with E-state index in [-0.39, 0.29) is 28.2 Å². The predicted octanol–water partition coefficient (Wildman–Crippen LogP) is 3.75. The molecule has 0 unspecified atom stereocenters. The lowest BCUT2D eigenvalue weighted by atomic mass is 10.1. The monoisotopic (exact) mass is 409 g/mol. The number of benzene rings is 2. The normalized spacial score (nSPS) is 15.3. The van der Waals surface area contributed by atoms with E-state index >= 15 is 0 Å². The topological polar surface area (TPSA) is 93.5 Å². The van der Waals surface area contributed by atoms with Gasteiger partial charge < -0.3 is 10.1 Å². The van der Waals surface area contributed by atoms with E-state index in [1.807, 2.05) is 0 Å². The zero-order valence-corrected chi connectivity index (χ0v) is 14.6. The number of hydrogen-bond donors (Lipinski definition) is 2. The number of hydrogen-bond acceptors (Lipinski definition) is 5. The molecule has 7 nitrogen and oxygen atoms in total. The van der Waals surface area contributed by atoms with E-state index in [9.17, 15) is 28.1 Å². The van der Waals surface area contributed by atoms with E-state index in [2.05, 4.69) is 10.6 Å². The first-order valence-electron chi connectivity index (χ1n) is 7.61. The fourth-order valence-corrected chi connectivity index (χ4v) is 2.58. The van der Waals surface area contributed by atoms with Gasteiger partial charge in [-0.25, -0.2) is 0 Å². The molecule has 1 saturated heterocycles. The van der Waals surface area contributed by atoms with Gasteiger partial charge in [-0.15, -0.1) is 0 Å². The lowest BCUT2D eigenvalue weighted by Gasteiger charge is -2.11. The smallest absolute Gasteiger partial charge is 0.423 e. The van der Waals surface area contributed by atoms with Gasteiger partial charge in [0.15, 0.2) is 5.11 Å². The van der Waals surface area contributed by atoms with Crippen LogP contribution >= 0.6 is 12.2 Å². The van der Waals surface area contributed by atoms with Gasteiger partial charge >= 0.3 is 6.18 Å². The van der Waals surface area contributed by atoms with Crippen molar-refractivity contribution >= 4 is 35.0 Å². The number of alkyl halides is 3. The maximum atomic E-state index is 13.0. The van der Waals surface area contributed by atoms with Gasteiger partial charge in [0.05, 0.1) is 4.92 Å². The van der Waals surface area contributed by atoms with Gasteiger partial charge in [-0.3, -0.25) is 20.2 Å². The van der Waals surface area contributed by atoms with Crippen LogP contribution in [-0.4, -0.2) is 15.9 Å². The molecule has 1 aliphatic heterocycles. The van der Waals surface area contributed by atoms with Crippen LogP contribution in [0, 0.1) is 10.1 Å². The molecular formula is C17H10F3N3O4S. The van der Waals surface area contributed by atoms with E-state index in [1.54, 1.807) is 12.1 Å². The second-order valence-corrected chi connectivity index (χ2v) is 5.98. The number of carbonyl (C=O) groups is 1. The molecule has 1 fully saturated rings. The van der Waals surface area contributed by atoms with Crippen molar-refractivity contribution < 1.29 is 27.6 Å². The largest absolute Gasteiger partial charge is 0.457 e. The summed E-state index contributed by atoms with van der Waals surface area (Å²) in [7, 11) is 0. The molecule has 0 saturated carbocycles. The Kier molecular flexibility index (Phi) is 5.01. The fraction of sp³-hybridized carbons (Fsp3) is 0.0588. The Balaban J connectivity index is 1.81. The Hall–Kier alpha value is -3.47. The summed E-state index contributed by atoms with van der Waals surface area (Å²) in [5.41, 5.74) is -1.58. The van der Waals surface area contributed by atoms with Crippen LogP contribution in [0.1, 0.15) is 11.1 Å². The zero-order chi connectivity index (χ0) is 20.5. The summed E-state index contributed by atoms with van der Waals surface area (Å²) in [6.07, 6.45) is -3.36. The molecule has 11 heteroatoms. The summed E-state index contributed by atoms with van der Waals surface area (Å²) in [6, 6.07) is 8.50. The van der Waals surface area contributed by atoms with Gasteiger partial charge in [-0.05, 0) is 48.1 Å². The average Bonchev–Trinajstić information content (AvgIpc) is 2.93. The van der Waals surface area contributed by atoms with Crippen molar-refractivity contribution in [3.05, 3.63) is 69.4 Å². The van der Waals surface area contributed by atoms with Crippen LogP contribution in [0.5, 0.6) is 11.5 Å². The van der Waals surface area contributed by atoms with Crippen molar-refractivity contribution in [3.63, 3.8) is 0 Å². The SMILES string of the molecule is O=C1NC(=S)N/C1=C/c1ccc(Oc2ccc([N+](=O)[O-])c(C(F)(F)F)c2)cc1. The molecule has 0 aliphatic carbocycles. The maximum Gasteiger partial charge on any atom is 0.423 e. The van der Waals surface area contributed by atoms with E-state index in [4.69, 9.17) is 17.0 Å². The number of nitrogens with zero attached hydrogens (tertiary/aromatic N) is 1. The van der Waals surface area contributed by atoms with E-state index in [1.165, 1.54) is 18.2 Å². The highest BCUT2D eigenvalue weighted by Gasteiger charge is 2.38. The summed E-state index contributed by atoms with van der Waals surface area (Å²) in [4.78, 5) is 21.3. The first-order valence-corrected chi connectivity index (χ1v) is 8.02. The van der Waals surface area contributed by atoms with Crippen molar-refractivity contribution in [3.8, 4) is 11.5 Å². The molecule has 0 bridgehead atoms. The van der Waals surface area contributed by atoms with Gasteiger partial charge in [-0.2, -0.15) is 13.2 Å². The number of ether oxygens (including phenoxy) is 1. The molecule has 0 atom stereocenters. The number of thiocarbonyl (C=S) groups is 1. The number of nitro groups is 1. The van der Waals surface area contributed by atoms with E-state index < -0.39 is 22.4 Å².